The van der Waals surface area contributed by atoms with Gasteiger partial charge in [-0.25, -0.2) is 9.67 Å². The minimum Gasteiger partial charge on any atom is -0.356 e. The summed E-state index contributed by atoms with van der Waals surface area (Å²) in [6, 6.07) is 11.1. The summed E-state index contributed by atoms with van der Waals surface area (Å²) in [5.41, 5.74) is 1.50. The third kappa shape index (κ3) is 3.89. The quantitative estimate of drug-likeness (QED) is 0.618. The lowest BCUT2D eigenvalue weighted by molar-refractivity contribution is 0.375. The second-order valence-corrected chi connectivity index (χ2v) is 7.02. The predicted octanol–water partition coefficient (Wildman–Crippen LogP) is 2.52. The summed E-state index contributed by atoms with van der Waals surface area (Å²) in [7, 11) is 1.83. The minimum absolute atomic E-state index is 0.116. The van der Waals surface area contributed by atoms with Gasteiger partial charge >= 0.3 is 0 Å². The summed E-state index contributed by atoms with van der Waals surface area (Å²) < 4.78 is 1.99. The van der Waals surface area contributed by atoms with E-state index in [1.54, 1.807) is 6.33 Å². The molecule has 6 nitrogen and oxygen atoms in total. The standard InChI is InChI=1S/C20H30N6/c1-4-20(5-2,16-9-7-6-8-10-16)14-22-19(21-3)25-17-11-12-18-23-15-24-26(18)13-17/h6-10,15,17H,4-5,11-14H2,1-3H3,(H2,21,22,25). The molecule has 2 heterocycles. The van der Waals surface area contributed by atoms with Crippen LogP contribution in [0.4, 0.5) is 0 Å². The molecule has 0 saturated heterocycles. The van der Waals surface area contributed by atoms with Gasteiger partial charge in [-0.2, -0.15) is 5.10 Å². The molecule has 0 amide bonds. The van der Waals surface area contributed by atoms with Gasteiger partial charge in [-0.3, -0.25) is 4.99 Å². The Morgan fingerprint density at radius 1 is 1.27 bits per heavy atom. The van der Waals surface area contributed by atoms with E-state index >= 15 is 0 Å². The zero-order valence-electron chi connectivity index (χ0n) is 16.1. The average Bonchev–Trinajstić information content (AvgIpc) is 3.17. The molecule has 0 bridgehead atoms. The lowest BCUT2D eigenvalue weighted by atomic mass is 9.76. The van der Waals surface area contributed by atoms with Gasteiger partial charge in [0, 0.05) is 31.5 Å². The van der Waals surface area contributed by atoms with Crippen molar-refractivity contribution in [1.82, 2.24) is 25.4 Å². The number of fused-ring (bicyclic) bond motifs is 1. The molecule has 3 rings (SSSR count). The Balaban J connectivity index is 1.63. The van der Waals surface area contributed by atoms with Crippen LogP contribution in [0.1, 0.15) is 44.5 Å². The van der Waals surface area contributed by atoms with E-state index in [0.717, 1.165) is 50.6 Å². The number of aromatic nitrogens is 3. The molecule has 0 spiro atoms. The average molecular weight is 355 g/mol. The Kier molecular flexibility index (Phi) is 5.91. The van der Waals surface area contributed by atoms with Crippen LogP contribution in [0, 0.1) is 0 Å². The maximum atomic E-state index is 4.44. The molecule has 1 aliphatic heterocycles. The number of hydrogen-bond acceptors (Lipinski definition) is 3. The number of rotatable bonds is 6. The van der Waals surface area contributed by atoms with E-state index in [1.165, 1.54) is 5.56 Å². The molecule has 1 aromatic carbocycles. The normalized spacial score (nSPS) is 17.7. The van der Waals surface area contributed by atoms with E-state index in [-0.39, 0.29) is 5.41 Å². The number of benzene rings is 1. The van der Waals surface area contributed by atoms with Crippen molar-refractivity contribution < 1.29 is 0 Å². The van der Waals surface area contributed by atoms with Gasteiger partial charge in [0.2, 0.25) is 0 Å². The molecule has 0 fully saturated rings. The predicted molar refractivity (Wildman–Crippen MR) is 105 cm³/mol. The number of nitrogens with one attached hydrogen (secondary N) is 2. The van der Waals surface area contributed by atoms with E-state index in [1.807, 2.05) is 11.7 Å². The van der Waals surface area contributed by atoms with Gasteiger partial charge in [-0.05, 0) is 24.8 Å². The van der Waals surface area contributed by atoms with Crippen LogP contribution < -0.4 is 10.6 Å². The van der Waals surface area contributed by atoms with Crippen molar-refractivity contribution in [3.63, 3.8) is 0 Å². The first-order valence-corrected chi connectivity index (χ1v) is 9.60. The molecular formula is C20H30N6. The molecule has 2 aromatic rings. The molecule has 1 aromatic heterocycles. The van der Waals surface area contributed by atoms with Crippen LogP contribution in [0.3, 0.4) is 0 Å². The SMILES string of the molecule is CCC(CC)(CNC(=NC)NC1CCc2ncnn2C1)c1ccccc1. The van der Waals surface area contributed by atoms with Crippen molar-refractivity contribution in [1.29, 1.82) is 0 Å². The molecular weight excluding hydrogens is 324 g/mol. The van der Waals surface area contributed by atoms with Gasteiger partial charge in [0.15, 0.2) is 5.96 Å². The molecule has 6 heteroatoms. The maximum Gasteiger partial charge on any atom is 0.191 e. The Morgan fingerprint density at radius 3 is 2.73 bits per heavy atom. The van der Waals surface area contributed by atoms with Gasteiger partial charge in [-0.1, -0.05) is 44.2 Å². The number of hydrogen-bond donors (Lipinski definition) is 2. The molecule has 140 valence electrons. The fourth-order valence-electron chi connectivity index (χ4n) is 3.80. The van der Waals surface area contributed by atoms with E-state index in [9.17, 15) is 0 Å². The lowest BCUT2D eigenvalue weighted by Crippen LogP contribution is -2.50. The van der Waals surface area contributed by atoms with E-state index < -0.39 is 0 Å². The van der Waals surface area contributed by atoms with Crippen molar-refractivity contribution in [3.8, 4) is 0 Å². The summed E-state index contributed by atoms with van der Waals surface area (Å²) in [5.74, 6) is 1.94. The van der Waals surface area contributed by atoms with Crippen LogP contribution in [0.2, 0.25) is 0 Å². The Bertz CT molecular complexity index is 717. The Labute approximate surface area is 156 Å². The molecule has 0 radical (unpaired) electrons. The zero-order valence-corrected chi connectivity index (χ0v) is 16.1. The first kappa shape index (κ1) is 18.4. The summed E-state index contributed by atoms with van der Waals surface area (Å²) >= 11 is 0. The highest BCUT2D eigenvalue weighted by atomic mass is 15.4. The molecule has 1 aliphatic rings. The molecule has 2 N–H and O–H groups in total. The summed E-state index contributed by atoms with van der Waals surface area (Å²) in [4.78, 5) is 8.73. The van der Waals surface area contributed by atoms with E-state index in [2.05, 4.69) is 69.9 Å². The highest BCUT2D eigenvalue weighted by molar-refractivity contribution is 5.80. The van der Waals surface area contributed by atoms with Crippen LogP contribution in [0.15, 0.2) is 41.7 Å². The van der Waals surface area contributed by atoms with E-state index in [0.29, 0.717) is 6.04 Å². The lowest BCUT2D eigenvalue weighted by Gasteiger charge is -2.34. The highest BCUT2D eigenvalue weighted by Gasteiger charge is 2.29. The van der Waals surface area contributed by atoms with Gasteiger partial charge < -0.3 is 10.6 Å². The molecule has 26 heavy (non-hydrogen) atoms. The van der Waals surface area contributed by atoms with Crippen LogP contribution >= 0.6 is 0 Å². The fraction of sp³-hybridized carbons (Fsp3) is 0.550. The Hall–Kier alpha value is -2.37. The van der Waals surface area contributed by atoms with Gasteiger partial charge in [-0.15, -0.1) is 0 Å². The summed E-state index contributed by atoms with van der Waals surface area (Å²) in [5, 5.41) is 11.4. The fourth-order valence-corrected chi connectivity index (χ4v) is 3.80. The van der Waals surface area contributed by atoms with Crippen molar-refractivity contribution in [3.05, 3.63) is 48.0 Å². The van der Waals surface area contributed by atoms with E-state index in [4.69, 9.17) is 0 Å². The summed E-state index contributed by atoms with van der Waals surface area (Å²) in [6.07, 6.45) is 5.81. The van der Waals surface area contributed by atoms with Crippen molar-refractivity contribution in [2.75, 3.05) is 13.6 Å². The van der Waals surface area contributed by atoms with Crippen molar-refractivity contribution in [2.45, 2.75) is 57.5 Å². The maximum absolute atomic E-state index is 4.44. The molecule has 1 atom stereocenters. The van der Waals surface area contributed by atoms with Crippen molar-refractivity contribution in [2.24, 2.45) is 4.99 Å². The van der Waals surface area contributed by atoms with Crippen LogP contribution in [0.5, 0.6) is 0 Å². The number of aryl methyl sites for hydroxylation is 1. The van der Waals surface area contributed by atoms with Crippen LogP contribution in [-0.2, 0) is 18.4 Å². The third-order valence-corrected chi connectivity index (χ3v) is 5.70. The summed E-state index contributed by atoms with van der Waals surface area (Å²) in [6.45, 7) is 6.23. The topological polar surface area (TPSA) is 67.1 Å². The molecule has 0 aliphatic carbocycles. The first-order chi connectivity index (χ1) is 12.7. The highest BCUT2D eigenvalue weighted by Crippen LogP contribution is 2.30. The van der Waals surface area contributed by atoms with Crippen LogP contribution in [-0.4, -0.2) is 40.4 Å². The minimum atomic E-state index is 0.116. The monoisotopic (exact) mass is 354 g/mol. The van der Waals surface area contributed by atoms with Crippen molar-refractivity contribution >= 4 is 5.96 Å². The Morgan fingerprint density at radius 2 is 2.04 bits per heavy atom. The van der Waals surface area contributed by atoms with Gasteiger partial charge in [0.05, 0.1) is 6.54 Å². The zero-order chi connectivity index (χ0) is 18.4. The van der Waals surface area contributed by atoms with Gasteiger partial charge in [0.1, 0.15) is 12.2 Å². The largest absolute Gasteiger partial charge is 0.356 e. The second kappa shape index (κ2) is 8.34. The second-order valence-electron chi connectivity index (χ2n) is 7.02. The third-order valence-electron chi connectivity index (χ3n) is 5.70. The van der Waals surface area contributed by atoms with Gasteiger partial charge in [0.25, 0.3) is 0 Å². The number of guanidine groups is 1. The molecule has 0 saturated carbocycles. The first-order valence-electron chi connectivity index (χ1n) is 9.60. The molecule has 1 unspecified atom stereocenters. The smallest absolute Gasteiger partial charge is 0.191 e. The number of aliphatic imine (C=N–C) groups is 1. The van der Waals surface area contributed by atoms with Crippen LogP contribution in [0.25, 0.3) is 0 Å². The number of nitrogens with zero attached hydrogens (tertiary/aromatic N) is 4.